The third-order valence-corrected chi connectivity index (χ3v) is 7.48. The van der Waals surface area contributed by atoms with Crippen molar-refractivity contribution in [1.82, 2.24) is 29.4 Å². The highest BCUT2D eigenvalue weighted by Gasteiger charge is 2.30. The van der Waals surface area contributed by atoms with E-state index in [4.69, 9.17) is 4.98 Å². The molecule has 1 amide bonds. The molecule has 1 aliphatic heterocycles. The number of carbonyl (C=O) groups is 1. The van der Waals surface area contributed by atoms with E-state index in [0.717, 1.165) is 38.6 Å². The van der Waals surface area contributed by atoms with Gasteiger partial charge in [-0.15, -0.1) is 11.3 Å². The minimum Gasteiger partial charge on any atom is -0.390 e. The van der Waals surface area contributed by atoms with Gasteiger partial charge in [0, 0.05) is 43.0 Å². The highest BCUT2D eigenvalue weighted by Crippen LogP contribution is 2.34. The molecule has 0 bridgehead atoms. The monoisotopic (exact) mass is 487 g/mol. The SMILES string of the molecule is CC1CN(c2scnc2-c2nc3ccccc3[nH]2)CCN1C(=O)Cn1c(CO)cc2cccnc21. The summed E-state index contributed by atoms with van der Waals surface area (Å²) in [4.78, 5) is 34.7. The Morgan fingerprint density at radius 3 is 2.91 bits per heavy atom. The van der Waals surface area contributed by atoms with Gasteiger partial charge in [-0.2, -0.15) is 0 Å². The Balaban J connectivity index is 1.20. The number of para-hydroxylation sites is 2. The summed E-state index contributed by atoms with van der Waals surface area (Å²) >= 11 is 1.59. The number of H-pyrrole nitrogens is 1. The maximum absolute atomic E-state index is 13.3. The Morgan fingerprint density at radius 1 is 1.20 bits per heavy atom. The summed E-state index contributed by atoms with van der Waals surface area (Å²) in [5.41, 5.74) is 6.00. The molecule has 4 aromatic heterocycles. The van der Waals surface area contributed by atoms with E-state index in [1.807, 2.05) is 57.4 Å². The molecule has 1 unspecified atom stereocenters. The molecule has 1 fully saturated rings. The first kappa shape index (κ1) is 21.8. The molecule has 0 aliphatic carbocycles. The fraction of sp³-hybridized carbons (Fsp3) is 0.280. The van der Waals surface area contributed by atoms with Gasteiger partial charge in [0.05, 0.1) is 23.2 Å². The number of thiazole rings is 1. The zero-order valence-electron chi connectivity index (χ0n) is 19.3. The van der Waals surface area contributed by atoms with Crippen molar-refractivity contribution in [3.05, 3.63) is 59.9 Å². The third-order valence-electron chi connectivity index (χ3n) is 6.59. The molecule has 0 radical (unpaired) electrons. The second-order valence-corrected chi connectivity index (χ2v) is 9.62. The summed E-state index contributed by atoms with van der Waals surface area (Å²) in [5.74, 6) is 0.786. The molecule has 5 aromatic rings. The minimum atomic E-state index is -0.136. The maximum Gasteiger partial charge on any atom is 0.242 e. The topological polar surface area (TPSA) is 103 Å². The predicted octanol–water partition coefficient (Wildman–Crippen LogP) is 3.27. The molecule has 6 rings (SSSR count). The van der Waals surface area contributed by atoms with Crippen LogP contribution in [0.4, 0.5) is 5.00 Å². The summed E-state index contributed by atoms with van der Waals surface area (Å²) in [6, 6.07) is 13.7. The molecule has 10 heteroatoms. The Hall–Kier alpha value is -3.76. The first-order valence-corrected chi connectivity index (χ1v) is 12.5. The van der Waals surface area contributed by atoms with Gasteiger partial charge in [0.1, 0.15) is 22.9 Å². The molecular weight excluding hydrogens is 462 g/mol. The lowest BCUT2D eigenvalue weighted by Crippen LogP contribution is -2.54. The number of aliphatic hydroxyl groups is 1. The molecule has 1 atom stereocenters. The molecule has 5 heterocycles. The van der Waals surface area contributed by atoms with Crippen LogP contribution in [0.1, 0.15) is 12.6 Å². The Kier molecular flexibility index (Phi) is 5.46. The third kappa shape index (κ3) is 3.84. The van der Waals surface area contributed by atoms with Gasteiger partial charge in [-0.3, -0.25) is 4.79 Å². The van der Waals surface area contributed by atoms with Gasteiger partial charge in [0.25, 0.3) is 0 Å². The van der Waals surface area contributed by atoms with Crippen molar-refractivity contribution in [2.75, 3.05) is 24.5 Å². The summed E-state index contributed by atoms with van der Waals surface area (Å²) < 4.78 is 1.82. The summed E-state index contributed by atoms with van der Waals surface area (Å²) in [6.45, 7) is 4.12. The van der Waals surface area contributed by atoms with Crippen LogP contribution in [0.15, 0.2) is 54.2 Å². The van der Waals surface area contributed by atoms with Gasteiger partial charge in [-0.25, -0.2) is 15.0 Å². The lowest BCUT2D eigenvalue weighted by molar-refractivity contribution is -0.134. The van der Waals surface area contributed by atoms with Crippen molar-refractivity contribution < 1.29 is 9.90 Å². The first-order valence-electron chi connectivity index (χ1n) is 11.6. The molecule has 2 N–H and O–H groups in total. The van der Waals surface area contributed by atoms with Crippen molar-refractivity contribution in [1.29, 1.82) is 0 Å². The molecule has 35 heavy (non-hydrogen) atoms. The number of amides is 1. The zero-order chi connectivity index (χ0) is 23.9. The Morgan fingerprint density at radius 2 is 2.09 bits per heavy atom. The highest BCUT2D eigenvalue weighted by atomic mass is 32.1. The first-order chi connectivity index (χ1) is 17.1. The van der Waals surface area contributed by atoms with Crippen molar-refractivity contribution >= 4 is 44.3 Å². The van der Waals surface area contributed by atoms with Crippen molar-refractivity contribution in [3.8, 4) is 11.5 Å². The summed E-state index contributed by atoms with van der Waals surface area (Å²) in [6.07, 6.45) is 1.71. The molecular formula is C25H25N7O2S. The van der Waals surface area contributed by atoms with E-state index in [1.54, 1.807) is 17.5 Å². The largest absolute Gasteiger partial charge is 0.390 e. The minimum absolute atomic E-state index is 0.0224. The molecule has 1 aromatic carbocycles. The second kappa shape index (κ2) is 8.79. The van der Waals surface area contributed by atoms with Crippen molar-refractivity contribution in [2.24, 2.45) is 0 Å². The summed E-state index contributed by atoms with van der Waals surface area (Å²) in [5, 5.41) is 11.8. The van der Waals surface area contributed by atoms with Crippen molar-refractivity contribution in [2.45, 2.75) is 26.1 Å². The number of aromatic nitrogens is 5. The standard InChI is InChI=1S/C25H25N7O2S/c1-16-12-30(25-22(27-15-35-25)23-28-19-6-2-3-7-20(19)29-23)9-10-31(16)21(34)13-32-18(14-33)11-17-5-4-8-26-24(17)32/h2-8,11,15-16,33H,9-10,12-14H2,1H3,(H,28,29). The van der Waals surface area contributed by atoms with Crippen LogP contribution >= 0.6 is 11.3 Å². The van der Waals surface area contributed by atoms with Crippen LogP contribution in [0.3, 0.4) is 0 Å². The number of aromatic amines is 1. The van der Waals surface area contributed by atoms with Gasteiger partial charge in [0.2, 0.25) is 5.91 Å². The fourth-order valence-corrected chi connectivity index (χ4v) is 5.71. The van der Waals surface area contributed by atoms with Crippen LogP contribution < -0.4 is 4.90 Å². The number of nitrogens with zero attached hydrogens (tertiary/aromatic N) is 6. The van der Waals surface area contributed by atoms with E-state index in [9.17, 15) is 9.90 Å². The number of imidazole rings is 1. The van der Waals surface area contributed by atoms with Crippen LogP contribution in [0.25, 0.3) is 33.6 Å². The van der Waals surface area contributed by atoms with Gasteiger partial charge in [-0.05, 0) is 37.3 Å². The van der Waals surface area contributed by atoms with E-state index in [0.29, 0.717) is 25.3 Å². The van der Waals surface area contributed by atoms with Crippen LogP contribution in [0.5, 0.6) is 0 Å². The average molecular weight is 488 g/mol. The van der Waals surface area contributed by atoms with Gasteiger partial charge >= 0.3 is 0 Å². The number of hydrogen-bond donors (Lipinski definition) is 2. The second-order valence-electron chi connectivity index (χ2n) is 8.79. The number of fused-ring (bicyclic) bond motifs is 2. The van der Waals surface area contributed by atoms with Gasteiger partial charge in [0.15, 0.2) is 5.82 Å². The number of anilines is 1. The number of aliphatic hydroxyl groups excluding tert-OH is 1. The van der Waals surface area contributed by atoms with Gasteiger partial charge in [-0.1, -0.05) is 12.1 Å². The summed E-state index contributed by atoms with van der Waals surface area (Å²) in [7, 11) is 0. The molecule has 1 aliphatic rings. The van der Waals surface area contributed by atoms with E-state index < -0.39 is 0 Å². The predicted molar refractivity (Wildman–Crippen MR) is 136 cm³/mol. The number of nitrogens with one attached hydrogen (secondary N) is 1. The molecule has 0 saturated carbocycles. The van der Waals surface area contributed by atoms with E-state index in [1.165, 1.54) is 0 Å². The highest BCUT2D eigenvalue weighted by molar-refractivity contribution is 7.14. The fourth-order valence-electron chi connectivity index (χ4n) is 4.88. The Bertz CT molecular complexity index is 1490. The number of carbonyl (C=O) groups excluding carboxylic acids is 1. The maximum atomic E-state index is 13.3. The lowest BCUT2D eigenvalue weighted by Gasteiger charge is -2.40. The average Bonchev–Trinajstić information content (AvgIpc) is 3.60. The van der Waals surface area contributed by atoms with Crippen LogP contribution in [-0.2, 0) is 17.9 Å². The molecule has 1 saturated heterocycles. The van der Waals surface area contributed by atoms with E-state index in [2.05, 4.69) is 26.8 Å². The molecule has 0 spiro atoms. The molecule has 178 valence electrons. The van der Waals surface area contributed by atoms with E-state index >= 15 is 0 Å². The number of hydrogen-bond acceptors (Lipinski definition) is 7. The molecule has 9 nitrogen and oxygen atoms in total. The van der Waals surface area contributed by atoms with Crippen molar-refractivity contribution in [3.63, 3.8) is 0 Å². The smallest absolute Gasteiger partial charge is 0.242 e. The normalized spacial score (nSPS) is 16.5. The van der Waals surface area contributed by atoms with E-state index in [-0.39, 0.29) is 25.1 Å². The number of pyridine rings is 1. The zero-order valence-corrected chi connectivity index (χ0v) is 20.1. The van der Waals surface area contributed by atoms with Crippen LogP contribution in [0.2, 0.25) is 0 Å². The van der Waals surface area contributed by atoms with Crippen LogP contribution in [0, 0.1) is 0 Å². The number of benzene rings is 1. The lowest BCUT2D eigenvalue weighted by atomic mass is 10.2. The van der Waals surface area contributed by atoms with Gasteiger partial charge < -0.3 is 24.5 Å². The quantitative estimate of drug-likeness (QED) is 0.394. The van der Waals surface area contributed by atoms with Crippen LogP contribution in [-0.4, -0.2) is 66.1 Å². The number of piperazine rings is 1. The number of rotatable bonds is 5. The Labute approximate surface area is 205 Å².